The number of aromatic carboxylic acids is 1. The monoisotopic (exact) mass is 258 g/mol. The van der Waals surface area contributed by atoms with Crippen molar-refractivity contribution in [1.29, 1.82) is 0 Å². The lowest BCUT2D eigenvalue weighted by molar-refractivity contribution is 0.0694. The maximum atomic E-state index is 11.3. The van der Waals surface area contributed by atoms with Gasteiger partial charge in [-0.1, -0.05) is 0 Å². The van der Waals surface area contributed by atoms with Gasteiger partial charge in [0.15, 0.2) is 0 Å². The molecule has 2 N–H and O–H groups in total. The molecule has 0 spiro atoms. The van der Waals surface area contributed by atoms with E-state index in [2.05, 4.69) is 10.2 Å². The van der Waals surface area contributed by atoms with Crippen molar-refractivity contribution in [2.45, 2.75) is 6.42 Å². The number of hydrogen-bond donors (Lipinski definition) is 2. The molecule has 6 nitrogen and oxygen atoms in total. The number of fused-ring (bicyclic) bond motifs is 1. The molecule has 3 rings (SSSR count). The molecule has 0 aliphatic carbocycles. The highest BCUT2D eigenvalue weighted by molar-refractivity contribution is 5.88. The van der Waals surface area contributed by atoms with Gasteiger partial charge in [-0.15, -0.1) is 0 Å². The largest absolute Gasteiger partial charge is 0.493 e. The van der Waals surface area contributed by atoms with Crippen LogP contribution in [-0.2, 0) is 6.42 Å². The predicted octanol–water partition coefficient (Wildman–Crippen LogP) is 1.07. The number of nitrogens with zero attached hydrogens (tertiary/aromatic N) is 1. The van der Waals surface area contributed by atoms with E-state index in [4.69, 9.17) is 9.84 Å². The molecular formula is C13H10N2O4. The summed E-state index contributed by atoms with van der Waals surface area (Å²) in [5.74, 6) is -0.430. The number of H-pyrrole nitrogens is 1. The highest BCUT2D eigenvalue weighted by Gasteiger charge is 2.15. The van der Waals surface area contributed by atoms with Crippen molar-refractivity contribution in [3.8, 4) is 17.0 Å². The molecule has 1 aromatic heterocycles. The fourth-order valence-corrected chi connectivity index (χ4v) is 2.06. The minimum Gasteiger partial charge on any atom is -0.493 e. The van der Waals surface area contributed by atoms with Crippen LogP contribution in [0.15, 0.2) is 29.1 Å². The number of nitrogens with one attached hydrogen (secondary N) is 1. The second-order valence-electron chi connectivity index (χ2n) is 4.22. The van der Waals surface area contributed by atoms with Crippen molar-refractivity contribution >= 4 is 5.97 Å². The molecule has 96 valence electrons. The summed E-state index contributed by atoms with van der Waals surface area (Å²) in [5, 5.41) is 15.0. The van der Waals surface area contributed by atoms with E-state index in [1.54, 1.807) is 6.07 Å². The highest BCUT2D eigenvalue weighted by Crippen LogP contribution is 2.29. The first-order valence-electron chi connectivity index (χ1n) is 5.74. The molecular weight excluding hydrogens is 248 g/mol. The lowest BCUT2D eigenvalue weighted by Gasteiger charge is -2.04. The van der Waals surface area contributed by atoms with Crippen molar-refractivity contribution in [2.75, 3.05) is 6.61 Å². The number of carboxylic acid groups (broad SMARTS) is 1. The average molecular weight is 258 g/mol. The smallest absolute Gasteiger partial charge is 0.341 e. The van der Waals surface area contributed by atoms with E-state index in [9.17, 15) is 9.59 Å². The highest BCUT2D eigenvalue weighted by atomic mass is 16.5. The summed E-state index contributed by atoms with van der Waals surface area (Å²) < 4.78 is 5.40. The Balaban J connectivity index is 2.10. The Morgan fingerprint density at radius 1 is 1.37 bits per heavy atom. The summed E-state index contributed by atoms with van der Waals surface area (Å²) in [7, 11) is 0. The van der Waals surface area contributed by atoms with Gasteiger partial charge in [0.1, 0.15) is 11.3 Å². The van der Waals surface area contributed by atoms with Crippen LogP contribution in [0.4, 0.5) is 0 Å². The van der Waals surface area contributed by atoms with Crippen molar-refractivity contribution in [3.63, 3.8) is 0 Å². The van der Waals surface area contributed by atoms with E-state index in [1.165, 1.54) is 6.07 Å². The predicted molar refractivity (Wildman–Crippen MR) is 66.5 cm³/mol. The zero-order chi connectivity index (χ0) is 13.4. The minimum atomic E-state index is -1.27. The standard InChI is InChI=1S/C13H10N2O4/c16-12-9(13(17)18)6-10(14-15-12)7-1-2-11-8(5-7)3-4-19-11/h1-2,5-6H,3-4H2,(H,15,16)(H,17,18). The molecule has 1 aliphatic heterocycles. The summed E-state index contributed by atoms with van der Waals surface area (Å²) in [6.45, 7) is 0.651. The second-order valence-corrected chi connectivity index (χ2v) is 4.22. The molecule has 19 heavy (non-hydrogen) atoms. The molecule has 0 unspecified atom stereocenters. The van der Waals surface area contributed by atoms with Crippen LogP contribution in [0.2, 0.25) is 0 Å². The SMILES string of the molecule is O=C(O)c1cc(-c2ccc3c(c2)CCO3)n[nH]c1=O. The number of carbonyl (C=O) groups is 1. The summed E-state index contributed by atoms with van der Waals surface area (Å²) in [5.41, 5.74) is 1.21. The molecule has 0 fully saturated rings. The topological polar surface area (TPSA) is 92.3 Å². The first-order chi connectivity index (χ1) is 9.15. The Kier molecular flexibility index (Phi) is 2.56. The number of aromatic amines is 1. The third-order valence-electron chi connectivity index (χ3n) is 3.02. The Hall–Kier alpha value is -2.63. The number of carboxylic acids is 1. The van der Waals surface area contributed by atoms with Crippen LogP contribution < -0.4 is 10.3 Å². The number of rotatable bonds is 2. The van der Waals surface area contributed by atoms with Crippen LogP contribution in [0, 0.1) is 0 Å². The van der Waals surface area contributed by atoms with Gasteiger partial charge >= 0.3 is 5.97 Å². The fraction of sp³-hybridized carbons (Fsp3) is 0.154. The Bertz CT molecular complexity index is 721. The second kappa shape index (κ2) is 4.24. The molecule has 6 heteroatoms. The summed E-state index contributed by atoms with van der Waals surface area (Å²) in [6.07, 6.45) is 0.818. The van der Waals surface area contributed by atoms with Crippen molar-refractivity contribution < 1.29 is 14.6 Å². The maximum absolute atomic E-state index is 11.3. The molecule has 0 amide bonds. The Morgan fingerprint density at radius 3 is 3.00 bits per heavy atom. The van der Waals surface area contributed by atoms with Crippen LogP contribution in [0.5, 0.6) is 5.75 Å². The summed E-state index contributed by atoms with van der Waals surface area (Å²) in [4.78, 5) is 22.2. The van der Waals surface area contributed by atoms with Crippen LogP contribution in [-0.4, -0.2) is 27.9 Å². The van der Waals surface area contributed by atoms with Gasteiger partial charge in [-0.05, 0) is 29.8 Å². The third kappa shape index (κ3) is 1.97. The average Bonchev–Trinajstić information content (AvgIpc) is 2.86. The fourth-order valence-electron chi connectivity index (χ4n) is 2.06. The number of hydrogen-bond acceptors (Lipinski definition) is 4. The van der Waals surface area contributed by atoms with Gasteiger partial charge < -0.3 is 9.84 Å². The van der Waals surface area contributed by atoms with Gasteiger partial charge in [-0.2, -0.15) is 5.10 Å². The normalized spacial score (nSPS) is 12.8. The van der Waals surface area contributed by atoms with E-state index in [0.29, 0.717) is 12.3 Å². The molecule has 1 aromatic carbocycles. The minimum absolute atomic E-state index is 0.318. The molecule has 1 aliphatic rings. The number of benzene rings is 1. The molecule has 2 aromatic rings. The van der Waals surface area contributed by atoms with E-state index in [0.717, 1.165) is 23.3 Å². The first kappa shape index (κ1) is 11.5. The number of aromatic nitrogens is 2. The molecule has 0 saturated heterocycles. The van der Waals surface area contributed by atoms with Crippen LogP contribution in [0.1, 0.15) is 15.9 Å². The van der Waals surface area contributed by atoms with Gasteiger partial charge in [-0.25, -0.2) is 9.89 Å². The van der Waals surface area contributed by atoms with Gasteiger partial charge in [0, 0.05) is 12.0 Å². The lowest BCUT2D eigenvalue weighted by Crippen LogP contribution is -2.18. The van der Waals surface area contributed by atoms with Gasteiger partial charge in [0.2, 0.25) is 0 Å². The maximum Gasteiger partial charge on any atom is 0.341 e. The van der Waals surface area contributed by atoms with Gasteiger partial charge in [-0.3, -0.25) is 4.79 Å². The molecule has 0 radical (unpaired) electrons. The zero-order valence-electron chi connectivity index (χ0n) is 9.84. The van der Waals surface area contributed by atoms with Crippen molar-refractivity contribution in [2.24, 2.45) is 0 Å². The first-order valence-corrected chi connectivity index (χ1v) is 5.74. The van der Waals surface area contributed by atoms with E-state index < -0.39 is 11.5 Å². The van der Waals surface area contributed by atoms with Crippen molar-refractivity contribution in [3.05, 3.63) is 45.7 Å². The Labute approximate surface area is 107 Å². The third-order valence-corrected chi connectivity index (χ3v) is 3.02. The van der Waals surface area contributed by atoms with Crippen LogP contribution in [0.3, 0.4) is 0 Å². The van der Waals surface area contributed by atoms with Crippen LogP contribution in [0.25, 0.3) is 11.3 Å². The van der Waals surface area contributed by atoms with E-state index in [1.807, 2.05) is 12.1 Å². The van der Waals surface area contributed by atoms with Gasteiger partial charge in [0.05, 0.1) is 12.3 Å². The molecule has 0 atom stereocenters. The van der Waals surface area contributed by atoms with E-state index >= 15 is 0 Å². The summed E-state index contributed by atoms with van der Waals surface area (Å²) in [6, 6.07) is 6.79. The van der Waals surface area contributed by atoms with Crippen molar-refractivity contribution in [1.82, 2.24) is 10.2 Å². The molecule has 0 saturated carbocycles. The lowest BCUT2D eigenvalue weighted by atomic mass is 10.1. The summed E-state index contributed by atoms with van der Waals surface area (Å²) >= 11 is 0. The Morgan fingerprint density at radius 2 is 2.21 bits per heavy atom. The zero-order valence-corrected chi connectivity index (χ0v) is 9.84. The molecule has 0 bridgehead atoms. The van der Waals surface area contributed by atoms with Gasteiger partial charge in [0.25, 0.3) is 5.56 Å². The van der Waals surface area contributed by atoms with E-state index in [-0.39, 0.29) is 5.56 Å². The van der Waals surface area contributed by atoms with Crippen LogP contribution >= 0.6 is 0 Å². The number of ether oxygens (including phenoxy) is 1. The quantitative estimate of drug-likeness (QED) is 0.840. The molecule has 2 heterocycles.